The molecule has 4 nitrogen and oxygen atoms in total. The Morgan fingerprint density at radius 2 is 1.53 bits per heavy atom. The lowest BCUT2D eigenvalue weighted by Gasteiger charge is -2.17. The summed E-state index contributed by atoms with van der Waals surface area (Å²) >= 11 is 0. The standard InChI is InChI=1S/C15H28O4/c1-6-8-13(15(17)19-12(4)5)9-7-10-14(16)18-11(2)3/h11-13H,6-10H2,1-5H3. The van der Waals surface area contributed by atoms with Crippen LogP contribution >= 0.6 is 0 Å². The lowest BCUT2D eigenvalue weighted by molar-refractivity contribution is -0.154. The fourth-order valence-electron chi connectivity index (χ4n) is 1.87. The molecular formula is C15H28O4. The van der Waals surface area contributed by atoms with Crippen molar-refractivity contribution in [3.63, 3.8) is 0 Å². The fraction of sp³-hybridized carbons (Fsp3) is 0.867. The number of hydrogen-bond donors (Lipinski definition) is 0. The van der Waals surface area contributed by atoms with Crippen LogP contribution in [0.3, 0.4) is 0 Å². The second-order valence-corrected chi connectivity index (χ2v) is 5.40. The molecule has 1 atom stereocenters. The van der Waals surface area contributed by atoms with E-state index in [-0.39, 0.29) is 30.1 Å². The van der Waals surface area contributed by atoms with Crippen LogP contribution in [0, 0.1) is 5.92 Å². The maximum atomic E-state index is 11.9. The predicted octanol–water partition coefficient (Wildman–Crippen LogP) is 3.48. The van der Waals surface area contributed by atoms with Crippen LogP contribution in [0.2, 0.25) is 0 Å². The van der Waals surface area contributed by atoms with E-state index in [0.717, 1.165) is 12.8 Å². The summed E-state index contributed by atoms with van der Waals surface area (Å²) in [5.74, 6) is -0.434. The van der Waals surface area contributed by atoms with E-state index < -0.39 is 0 Å². The van der Waals surface area contributed by atoms with Crippen molar-refractivity contribution >= 4 is 11.9 Å². The third-order valence-electron chi connectivity index (χ3n) is 2.62. The molecule has 0 aromatic rings. The molecule has 0 spiro atoms. The molecule has 0 amide bonds. The van der Waals surface area contributed by atoms with Gasteiger partial charge in [0.1, 0.15) is 0 Å². The highest BCUT2D eigenvalue weighted by Gasteiger charge is 2.20. The Kier molecular flexibility index (Phi) is 9.27. The SMILES string of the molecule is CCCC(CCCC(=O)OC(C)C)C(=O)OC(C)C. The Balaban J connectivity index is 4.07. The van der Waals surface area contributed by atoms with E-state index in [2.05, 4.69) is 0 Å². The van der Waals surface area contributed by atoms with Crippen molar-refractivity contribution in [2.45, 2.75) is 78.9 Å². The summed E-state index contributed by atoms with van der Waals surface area (Å²) in [6.45, 7) is 9.40. The maximum absolute atomic E-state index is 11.9. The van der Waals surface area contributed by atoms with Crippen LogP contribution in [0.5, 0.6) is 0 Å². The fourth-order valence-corrected chi connectivity index (χ4v) is 1.87. The van der Waals surface area contributed by atoms with Gasteiger partial charge in [0.05, 0.1) is 18.1 Å². The minimum absolute atomic E-state index is 0.0788. The number of carbonyl (C=O) groups excluding carboxylic acids is 2. The molecule has 4 heteroatoms. The molecule has 19 heavy (non-hydrogen) atoms. The highest BCUT2D eigenvalue weighted by atomic mass is 16.5. The first kappa shape index (κ1) is 17.9. The van der Waals surface area contributed by atoms with Gasteiger partial charge in [-0.1, -0.05) is 13.3 Å². The first-order valence-corrected chi connectivity index (χ1v) is 7.26. The van der Waals surface area contributed by atoms with Gasteiger partial charge in [-0.2, -0.15) is 0 Å². The van der Waals surface area contributed by atoms with E-state index in [1.165, 1.54) is 0 Å². The first-order valence-electron chi connectivity index (χ1n) is 7.26. The number of rotatable bonds is 9. The number of esters is 2. The minimum atomic E-state index is -0.192. The van der Waals surface area contributed by atoms with Gasteiger partial charge < -0.3 is 9.47 Å². The summed E-state index contributed by atoms with van der Waals surface area (Å²) in [4.78, 5) is 23.3. The summed E-state index contributed by atoms with van der Waals surface area (Å²) in [7, 11) is 0. The molecule has 0 aliphatic carbocycles. The zero-order valence-corrected chi connectivity index (χ0v) is 12.9. The van der Waals surface area contributed by atoms with Gasteiger partial charge in [0.15, 0.2) is 0 Å². The van der Waals surface area contributed by atoms with Gasteiger partial charge in [-0.25, -0.2) is 0 Å². The van der Waals surface area contributed by atoms with E-state index in [0.29, 0.717) is 19.3 Å². The molecule has 0 fully saturated rings. The maximum Gasteiger partial charge on any atom is 0.309 e. The van der Waals surface area contributed by atoms with Crippen molar-refractivity contribution in [2.75, 3.05) is 0 Å². The molecular weight excluding hydrogens is 244 g/mol. The molecule has 0 radical (unpaired) electrons. The molecule has 0 bridgehead atoms. The Morgan fingerprint density at radius 3 is 2.00 bits per heavy atom. The predicted molar refractivity (Wildman–Crippen MR) is 74.7 cm³/mol. The zero-order valence-electron chi connectivity index (χ0n) is 12.9. The Labute approximate surface area is 116 Å². The van der Waals surface area contributed by atoms with Crippen LogP contribution in [0.15, 0.2) is 0 Å². The average Bonchev–Trinajstić information content (AvgIpc) is 2.25. The Hall–Kier alpha value is -1.06. The average molecular weight is 272 g/mol. The van der Waals surface area contributed by atoms with Crippen LogP contribution in [-0.4, -0.2) is 24.1 Å². The van der Waals surface area contributed by atoms with Gasteiger partial charge in [-0.3, -0.25) is 9.59 Å². The summed E-state index contributed by atoms with van der Waals surface area (Å²) in [5, 5.41) is 0. The zero-order chi connectivity index (χ0) is 14.8. The largest absolute Gasteiger partial charge is 0.463 e. The summed E-state index contributed by atoms with van der Waals surface area (Å²) in [5.41, 5.74) is 0. The number of carbonyl (C=O) groups is 2. The van der Waals surface area contributed by atoms with Crippen molar-refractivity contribution in [1.82, 2.24) is 0 Å². The quantitative estimate of drug-likeness (QED) is 0.603. The van der Waals surface area contributed by atoms with Gasteiger partial charge >= 0.3 is 11.9 Å². The summed E-state index contributed by atoms with van der Waals surface area (Å²) in [6, 6.07) is 0. The monoisotopic (exact) mass is 272 g/mol. The summed E-state index contributed by atoms with van der Waals surface area (Å²) in [6.07, 6.45) is 3.31. The van der Waals surface area contributed by atoms with Gasteiger partial charge in [-0.15, -0.1) is 0 Å². The molecule has 112 valence electrons. The van der Waals surface area contributed by atoms with Crippen molar-refractivity contribution in [2.24, 2.45) is 5.92 Å². The van der Waals surface area contributed by atoms with E-state index in [9.17, 15) is 9.59 Å². The van der Waals surface area contributed by atoms with Crippen LogP contribution in [0.1, 0.15) is 66.7 Å². The normalized spacial score (nSPS) is 12.6. The molecule has 0 aromatic heterocycles. The van der Waals surface area contributed by atoms with Crippen molar-refractivity contribution in [1.29, 1.82) is 0 Å². The first-order chi connectivity index (χ1) is 8.86. The summed E-state index contributed by atoms with van der Waals surface area (Å²) < 4.78 is 10.3. The van der Waals surface area contributed by atoms with E-state index in [1.807, 2.05) is 34.6 Å². The Morgan fingerprint density at radius 1 is 0.947 bits per heavy atom. The van der Waals surface area contributed by atoms with Crippen molar-refractivity contribution < 1.29 is 19.1 Å². The van der Waals surface area contributed by atoms with Crippen LogP contribution < -0.4 is 0 Å². The Bertz CT molecular complexity index is 271. The van der Waals surface area contributed by atoms with Gasteiger partial charge in [-0.05, 0) is 47.0 Å². The number of ether oxygens (including phenoxy) is 2. The molecule has 0 aliphatic rings. The van der Waals surface area contributed by atoms with Crippen molar-refractivity contribution in [3.05, 3.63) is 0 Å². The molecule has 0 N–H and O–H groups in total. The minimum Gasteiger partial charge on any atom is -0.463 e. The lowest BCUT2D eigenvalue weighted by atomic mass is 9.97. The topological polar surface area (TPSA) is 52.6 Å². The second kappa shape index (κ2) is 9.82. The molecule has 0 aromatic carbocycles. The van der Waals surface area contributed by atoms with E-state index in [4.69, 9.17) is 9.47 Å². The molecule has 0 heterocycles. The molecule has 0 aliphatic heterocycles. The van der Waals surface area contributed by atoms with Crippen LogP contribution in [0.4, 0.5) is 0 Å². The highest BCUT2D eigenvalue weighted by molar-refractivity contribution is 5.73. The van der Waals surface area contributed by atoms with Crippen molar-refractivity contribution in [3.8, 4) is 0 Å². The van der Waals surface area contributed by atoms with E-state index in [1.54, 1.807) is 0 Å². The van der Waals surface area contributed by atoms with E-state index >= 15 is 0 Å². The van der Waals surface area contributed by atoms with Crippen LogP contribution in [-0.2, 0) is 19.1 Å². The highest BCUT2D eigenvalue weighted by Crippen LogP contribution is 2.18. The van der Waals surface area contributed by atoms with Gasteiger partial charge in [0, 0.05) is 6.42 Å². The second-order valence-electron chi connectivity index (χ2n) is 5.40. The molecule has 1 unspecified atom stereocenters. The lowest BCUT2D eigenvalue weighted by Crippen LogP contribution is -2.21. The third kappa shape index (κ3) is 9.51. The molecule has 0 rings (SSSR count). The molecule has 0 saturated carbocycles. The van der Waals surface area contributed by atoms with Gasteiger partial charge in [0.25, 0.3) is 0 Å². The molecule has 0 saturated heterocycles. The number of hydrogen-bond acceptors (Lipinski definition) is 4. The van der Waals surface area contributed by atoms with Crippen LogP contribution in [0.25, 0.3) is 0 Å². The third-order valence-corrected chi connectivity index (χ3v) is 2.62. The smallest absolute Gasteiger partial charge is 0.309 e. The van der Waals surface area contributed by atoms with Gasteiger partial charge in [0.2, 0.25) is 0 Å².